The van der Waals surface area contributed by atoms with Crippen molar-refractivity contribution in [3.8, 4) is 0 Å². The Kier molecular flexibility index (Phi) is 5.62. The molecular formula is C14H21ClN2O3S. The molecule has 1 aromatic rings. The highest BCUT2D eigenvalue weighted by Gasteiger charge is 2.23. The van der Waals surface area contributed by atoms with Gasteiger partial charge in [0, 0.05) is 12.6 Å². The number of nitrogens with one attached hydrogen (secondary N) is 1. The molecule has 21 heavy (non-hydrogen) atoms. The van der Waals surface area contributed by atoms with Gasteiger partial charge < -0.3 is 10.0 Å². The highest BCUT2D eigenvalue weighted by molar-refractivity contribution is 7.89. The van der Waals surface area contributed by atoms with Gasteiger partial charge in [0.1, 0.15) is 4.90 Å². The van der Waals surface area contributed by atoms with Crippen LogP contribution in [0.4, 0.5) is 0 Å². The van der Waals surface area contributed by atoms with Crippen LogP contribution in [-0.4, -0.2) is 44.1 Å². The molecule has 1 unspecified atom stereocenters. The first kappa shape index (κ1) is 16.7. The molecule has 0 saturated carbocycles. The summed E-state index contributed by atoms with van der Waals surface area (Å²) in [4.78, 5) is 2.27. The van der Waals surface area contributed by atoms with Gasteiger partial charge in [-0.1, -0.05) is 17.7 Å². The number of halogens is 1. The lowest BCUT2D eigenvalue weighted by Gasteiger charge is -2.21. The van der Waals surface area contributed by atoms with E-state index in [0.717, 1.165) is 13.1 Å². The van der Waals surface area contributed by atoms with E-state index in [1.807, 2.05) is 6.92 Å². The summed E-state index contributed by atoms with van der Waals surface area (Å²) in [5.41, 5.74) is 0.520. The largest absolute Gasteiger partial charge is 0.392 e. The third kappa shape index (κ3) is 4.40. The van der Waals surface area contributed by atoms with Gasteiger partial charge in [-0.15, -0.1) is 0 Å². The van der Waals surface area contributed by atoms with E-state index in [2.05, 4.69) is 9.62 Å². The normalized spacial score (nSPS) is 18.0. The predicted molar refractivity (Wildman–Crippen MR) is 82.8 cm³/mol. The molecule has 7 heteroatoms. The van der Waals surface area contributed by atoms with Crippen molar-refractivity contribution in [1.29, 1.82) is 0 Å². The first-order valence-corrected chi connectivity index (χ1v) is 8.92. The Hall–Kier alpha value is -0.660. The topological polar surface area (TPSA) is 69.6 Å². The highest BCUT2D eigenvalue weighted by atomic mass is 35.5. The summed E-state index contributed by atoms with van der Waals surface area (Å²) in [7, 11) is -3.68. The van der Waals surface area contributed by atoms with Crippen LogP contribution in [0.1, 0.15) is 25.3 Å². The molecule has 1 aromatic carbocycles. The summed E-state index contributed by atoms with van der Waals surface area (Å²) >= 11 is 5.98. The van der Waals surface area contributed by atoms with E-state index in [1.165, 1.54) is 25.0 Å². The fourth-order valence-electron chi connectivity index (χ4n) is 2.57. The van der Waals surface area contributed by atoms with Gasteiger partial charge in [-0.2, -0.15) is 0 Å². The smallest absolute Gasteiger partial charge is 0.242 e. The van der Waals surface area contributed by atoms with Gasteiger partial charge in [0.15, 0.2) is 0 Å². The average molecular weight is 333 g/mol. The van der Waals surface area contributed by atoms with Gasteiger partial charge in [0.05, 0.1) is 11.6 Å². The summed E-state index contributed by atoms with van der Waals surface area (Å²) in [6.07, 6.45) is 2.34. The highest BCUT2D eigenvalue weighted by Crippen LogP contribution is 2.23. The quantitative estimate of drug-likeness (QED) is 0.830. The van der Waals surface area contributed by atoms with E-state index in [1.54, 1.807) is 6.07 Å². The van der Waals surface area contributed by atoms with Crippen LogP contribution in [-0.2, 0) is 16.6 Å². The Morgan fingerprint density at radius 3 is 2.67 bits per heavy atom. The number of sulfonamides is 1. The minimum Gasteiger partial charge on any atom is -0.392 e. The SMILES string of the molecule is CC(CN1CCCC1)NS(=O)(=O)c1cc(CO)ccc1Cl. The zero-order valence-electron chi connectivity index (χ0n) is 12.0. The number of hydrogen-bond acceptors (Lipinski definition) is 4. The Morgan fingerprint density at radius 2 is 2.05 bits per heavy atom. The van der Waals surface area contributed by atoms with Gasteiger partial charge in [0.2, 0.25) is 10.0 Å². The Morgan fingerprint density at radius 1 is 1.38 bits per heavy atom. The monoisotopic (exact) mass is 332 g/mol. The first-order chi connectivity index (χ1) is 9.92. The minimum absolute atomic E-state index is 0.0176. The van der Waals surface area contributed by atoms with E-state index in [0.29, 0.717) is 12.1 Å². The summed E-state index contributed by atoms with van der Waals surface area (Å²) in [5.74, 6) is 0. The number of benzene rings is 1. The number of hydrogen-bond donors (Lipinski definition) is 2. The van der Waals surface area contributed by atoms with Crippen LogP contribution in [0.25, 0.3) is 0 Å². The lowest BCUT2D eigenvalue weighted by Crippen LogP contribution is -2.41. The molecule has 5 nitrogen and oxygen atoms in total. The third-order valence-corrected chi connectivity index (χ3v) is 5.63. The van der Waals surface area contributed by atoms with Crippen molar-refractivity contribution in [2.24, 2.45) is 0 Å². The lowest BCUT2D eigenvalue weighted by atomic mass is 10.2. The van der Waals surface area contributed by atoms with Gasteiger partial charge >= 0.3 is 0 Å². The molecule has 1 aliphatic rings. The summed E-state index contributed by atoms with van der Waals surface area (Å²) in [5, 5.41) is 9.29. The molecule has 1 aliphatic heterocycles. The van der Waals surface area contributed by atoms with E-state index in [-0.39, 0.29) is 22.6 Å². The molecule has 1 heterocycles. The molecule has 0 aliphatic carbocycles. The molecule has 2 N–H and O–H groups in total. The fourth-order valence-corrected chi connectivity index (χ4v) is 4.35. The molecule has 0 aromatic heterocycles. The van der Waals surface area contributed by atoms with Crippen molar-refractivity contribution in [3.05, 3.63) is 28.8 Å². The molecule has 1 fully saturated rings. The average Bonchev–Trinajstić information content (AvgIpc) is 2.91. The van der Waals surface area contributed by atoms with E-state index < -0.39 is 10.0 Å². The maximum absolute atomic E-state index is 12.4. The zero-order valence-corrected chi connectivity index (χ0v) is 13.6. The summed E-state index contributed by atoms with van der Waals surface area (Å²) < 4.78 is 27.5. The number of aliphatic hydroxyl groups excluding tert-OH is 1. The Labute approximate surface area is 131 Å². The van der Waals surface area contributed by atoms with Gasteiger partial charge in [-0.05, 0) is 50.6 Å². The molecule has 0 radical (unpaired) electrons. The van der Waals surface area contributed by atoms with Crippen LogP contribution < -0.4 is 4.72 Å². The van der Waals surface area contributed by atoms with Crippen molar-refractivity contribution in [2.45, 2.75) is 37.3 Å². The van der Waals surface area contributed by atoms with Gasteiger partial charge in [-0.25, -0.2) is 13.1 Å². The molecule has 2 rings (SSSR count). The van der Waals surface area contributed by atoms with Crippen molar-refractivity contribution < 1.29 is 13.5 Å². The van der Waals surface area contributed by atoms with E-state index in [4.69, 9.17) is 16.7 Å². The van der Waals surface area contributed by atoms with Crippen molar-refractivity contribution >= 4 is 21.6 Å². The second-order valence-electron chi connectivity index (χ2n) is 5.45. The summed E-state index contributed by atoms with van der Waals surface area (Å²) in [6, 6.07) is 4.32. The maximum atomic E-state index is 12.4. The van der Waals surface area contributed by atoms with Crippen LogP contribution in [0.3, 0.4) is 0 Å². The predicted octanol–water partition coefficient (Wildman–Crippen LogP) is 1.59. The molecule has 1 saturated heterocycles. The molecule has 0 amide bonds. The first-order valence-electron chi connectivity index (χ1n) is 7.06. The van der Waals surface area contributed by atoms with Crippen LogP contribution in [0, 0.1) is 0 Å². The van der Waals surface area contributed by atoms with Crippen molar-refractivity contribution in [3.63, 3.8) is 0 Å². The fraction of sp³-hybridized carbons (Fsp3) is 0.571. The van der Waals surface area contributed by atoms with Gasteiger partial charge in [0.25, 0.3) is 0 Å². The molecule has 0 bridgehead atoms. The maximum Gasteiger partial charge on any atom is 0.242 e. The van der Waals surface area contributed by atoms with Gasteiger partial charge in [-0.3, -0.25) is 0 Å². The molecule has 118 valence electrons. The van der Waals surface area contributed by atoms with Crippen LogP contribution in [0.15, 0.2) is 23.1 Å². The Bertz CT molecular complexity index is 586. The van der Waals surface area contributed by atoms with E-state index in [9.17, 15) is 8.42 Å². The zero-order chi connectivity index (χ0) is 15.5. The second-order valence-corrected chi connectivity index (χ2v) is 7.54. The Balaban J connectivity index is 2.10. The number of nitrogens with zero attached hydrogens (tertiary/aromatic N) is 1. The molecular weight excluding hydrogens is 312 g/mol. The van der Waals surface area contributed by atoms with Crippen LogP contribution >= 0.6 is 11.6 Å². The van der Waals surface area contributed by atoms with Crippen molar-refractivity contribution in [1.82, 2.24) is 9.62 Å². The second kappa shape index (κ2) is 7.07. The standard InChI is InChI=1S/C14H21ClN2O3S/c1-11(9-17-6-2-3-7-17)16-21(19,20)14-8-12(10-18)4-5-13(14)15/h4-5,8,11,16,18H,2-3,6-7,9-10H2,1H3. The number of aliphatic hydroxyl groups is 1. The molecule has 1 atom stereocenters. The molecule has 0 spiro atoms. The van der Waals surface area contributed by atoms with E-state index >= 15 is 0 Å². The summed E-state index contributed by atoms with van der Waals surface area (Å²) in [6.45, 7) is 4.36. The van der Waals surface area contributed by atoms with Crippen molar-refractivity contribution in [2.75, 3.05) is 19.6 Å². The van der Waals surface area contributed by atoms with Crippen LogP contribution in [0.2, 0.25) is 5.02 Å². The third-order valence-electron chi connectivity index (χ3n) is 3.55. The lowest BCUT2D eigenvalue weighted by molar-refractivity contribution is 0.281. The van der Waals surface area contributed by atoms with Crippen LogP contribution in [0.5, 0.6) is 0 Å². The number of rotatable bonds is 6. The minimum atomic E-state index is -3.68. The number of likely N-dealkylation sites (tertiary alicyclic amines) is 1.